The van der Waals surface area contributed by atoms with Gasteiger partial charge >= 0.3 is 6.09 Å². The molecule has 3 aliphatic heterocycles. The molecule has 0 radical (unpaired) electrons. The SMILES string of the molecule is CCOC(=O)N1CCn2nc(CN3CC[C@@H]4CC[C@H](C3)N4C)cc2C1. The number of rotatable bonds is 3. The van der Waals surface area contributed by atoms with Gasteiger partial charge in [-0.2, -0.15) is 5.10 Å². The molecular formula is C18H29N5O2. The van der Waals surface area contributed by atoms with Crippen LogP contribution in [0.2, 0.25) is 0 Å². The van der Waals surface area contributed by atoms with Gasteiger partial charge < -0.3 is 9.64 Å². The molecule has 2 bridgehead atoms. The van der Waals surface area contributed by atoms with Crippen LogP contribution in [0.3, 0.4) is 0 Å². The fourth-order valence-electron chi connectivity index (χ4n) is 4.53. The first kappa shape index (κ1) is 16.8. The number of fused-ring (bicyclic) bond motifs is 3. The number of likely N-dealkylation sites (tertiary alicyclic amines) is 1. The van der Waals surface area contributed by atoms with E-state index in [1.165, 1.54) is 19.3 Å². The lowest BCUT2D eigenvalue weighted by molar-refractivity contribution is 0.0958. The minimum atomic E-state index is -0.219. The van der Waals surface area contributed by atoms with E-state index in [1.54, 1.807) is 4.90 Å². The van der Waals surface area contributed by atoms with Crippen molar-refractivity contribution in [2.45, 2.75) is 57.9 Å². The van der Waals surface area contributed by atoms with Gasteiger partial charge in [0, 0.05) is 38.3 Å². The van der Waals surface area contributed by atoms with Crippen molar-refractivity contribution in [3.05, 3.63) is 17.5 Å². The molecule has 2 atom stereocenters. The zero-order valence-electron chi connectivity index (χ0n) is 15.4. The Hall–Kier alpha value is -1.60. The number of ether oxygens (including phenoxy) is 1. The molecule has 0 saturated carbocycles. The van der Waals surface area contributed by atoms with E-state index in [9.17, 15) is 4.79 Å². The van der Waals surface area contributed by atoms with Crippen molar-refractivity contribution in [1.29, 1.82) is 0 Å². The molecular weight excluding hydrogens is 318 g/mol. The van der Waals surface area contributed by atoms with Gasteiger partial charge in [0.1, 0.15) is 0 Å². The second kappa shape index (κ2) is 6.96. The molecule has 138 valence electrons. The Morgan fingerprint density at radius 3 is 2.92 bits per heavy atom. The summed E-state index contributed by atoms with van der Waals surface area (Å²) in [6, 6.07) is 3.63. The first-order valence-corrected chi connectivity index (χ1v) is 9.55. The van der Waals surface area contributed by atoms with Gasteiger partial charge in [0.05, 0.1) is 31.1 Å². The zero-order valence-corrected chi connectivity index (χ0v) is 15.4. The molecule has 2 saturated heterocycles. The minimum absolute atomic E-state index is 0.219. The molecule has 3 aliphatic rings. The number of carbonyl (C=O) groups excluding carboxylic acids is 1. The van der Waals surface area contributed by atoms with E-state index in [1.807, 2.05) is 6.92 Å². The summed E-state index contributed by atoms with van der Waals surface area (Å²) in [4.78, 5) is 18.8. The summed E-state index contributed by atoms with van der Waals surface area (Å²) in [5, 5.41) is 4.78. The second-order valence-electron chi connectivity index (χ2n) is 7.54. The van der Waals surface area contributed by atoms with E-state index in [0.717, 1.165) is 43.6 Å². The summed E-state index contributed by atoms with van der Waals surface area (Å²) in [5.41, 5.74) is 2.24. The lowest BCUT2D eigenvalue weighted by Crippen LogP contribution is -2.38. The van der Waals surface area contributed by atoms with Gasteiger partial charge in [-0.15, -0.1) is 0 Å². The normalized spacial score (nSPS) is 27.2. The highest BCUT2D eigenvalue weighted by Crippen LogP contribution is 2.29. The van der Waals surface area contributed by atoms with Gasteiger partial charge in [-0.05, 0) is 39.3 Å². The third-order valence-corrected chi connectivity index (χ3v) is 5.99. The molecule has 2 fully saturated rings. The number of hydrogen-bond acceptors (Lipinski definition) is 5. The predicted molar refractivity (Wildman–Crippen MR) is 94.1 cm³/mol. The lowest BCUT2D eigenvalue weighted by atomic mass is 10.1. The van der Waals surface area contributed by atoms with Crippen LogP contribution in [-0.2, 0) is 24.4 Å². The quantitative estimate of drug-likeness (QED) is 0.830. The summed E-state index contributed by atoms with van der Waals surface area (Å²) in [6.07, 6.45) is 3.73. The maximum atomic E-state index is 11.9. The van der Waals surface area contributed by atoms with Crippen LogP contribution in [0.5, 0.6) is 0 Å². The Morgan fingerprint density at radius 2 is 2.08 bits per heavy atom. The van der Waals surface area contributed by atoms with Crippen LogP contribution in [0.4, 0.5) is 4.79 Å². The highest BCUT2D eigenvalue weighted by atomic mass is 16.6. The zero-order chi connectivity index (χ0) is 17.4. The van der Waals surface area contributed by atoms with Crippen molar-refractivity contribution in [2.24, 2.45) is 0 Å². The number of likely N-dealkylation sites (N-methyl/N-ethyl adjacent to an activating group) is 1. The van der Waals surface area contributed by atoms with E-state index in [-0.39, 0.29) is 6.09 Å². The smallest absolute Gasteiger partial charge is 0.410 e. The average Bonchev–Trinajstić information content (AvgIpc) is 3.09. The molecule has 7 nitrogen and oxygen atoms in total. The number of aromatic nitrogens is 2. The van der Waals surface area contributed by atoms with Crippen molar-refractivity contribution in [3.63, 3.8) is 0 Å². The highest BCUT2D eigenvalue weighted by Gasteiger charge is 2.34. The van der Waals surface area contributed by atoms with Crippen LogP contribution in [0.15, 0.2) is 6.07 Å². The van der Waals surface area contributed by atoms with Gasteiger partial charge in [0.15, 0.2) is 0 Å². The Kier molecular flexibility index (Phi) is 4.69. The van der Waals surface area contributed by atoms with E-state index in [2.05, 4.69) is 27.6 Å². The molecule has 0 N–H and O–H groups in total. The van der Waals surface area contributed by atoms with E-state index in [4.69, 9.17) is 9.84 Å². The van der Waals surface area contributed by atoms with Crippen LogP contribution in [0.25, 0.3) is 0 Å². The number of amides is 1. The fraction of sp³-hybridized carbons (Fsp3) is 0.778. The summed E-state index contributed by atoms with van der Waals surface area (Å²) in [6.45, 7) is 7.50. The average molecular weight is 347 g/mol. The maximum Gasteiger partial charge on any atom is 0.410 e. The van der Waals surface area contributed by atoms with Crippen molar-refractivity contribution in [2.75, 3.05) is 33.3 Å². The van der Waals surface area contributed by atoms with E-state index < -0.39 is 0 Å². The summed E-state index contributed by atoms with van der Waals surface area (Å²) >= 11 is 0. The third kappa shape index (κ3) is 3.40. The predicted octanol–water partition coefficient (Wildman–Crippen LogP) is 1.52. The summed E-state index contributed by atoms with van der Waals surface area (Å²) < 4.78 is 7.18. The maximum absolute atomic E-state index is 11.9. The second-order valence-corrected chi connectivity index (χ2v) is 7.54. The van der Waals surface area contributed by atoms with Crippen molar-refractivity contribution in [3.8, 4) is 0 Å². The van der Waals surface area contributed by atoms with E-state index in [0.29, 0.717) is 25.7 Å². The summed E-state index contributed by atoms with van der Waals surface area (Å²) in [7, 11) is 2.28. The topological polar surface area (TPSA) is 53.8 Å². The van der Waals surface area contributed by atoms with Crippen LogP contribution in [0, 0.1) is 0 Å². The highest BCUT2D eigenvalue weighted by molar-refractivity contribution is 5.67. The number of nitrogens with zero attached hydrogens (tertiary/aromatic N) is 5. The summed E-state index contributed by atoms with van der Waals surface area (Å²) in [5.74, 6) is 0. The van der Waals surface area contributed by atoms with Crippen molar-refractivity contribution >= 4 is 6.09 Å². The van der Waals surface area contributed by atoms with Crippen LogP contribution < -0.4 is 0 Å². The fourth-order valence-corrected chi connectivity index (χ4v) is 4.53. The first-order valence-electron chi connectivity index (χ1n) is 9.55. The van der Waals surface area contributed by atoms with Crippen molar-refractivity contribution < 1.29 is 9.53 Å². The van der Waals surface area contributed by atoms with E-state index >= 15 is 0 Å². The Balaban J connectivity index is 1.39. The number of carbonyl (C=O) groups is 1. The lowest BCUT2D eigenvalue weighted by Gasteiger charge is -2.26. The Morgan fingerprint density at radius 1 is 1.24 bits per heavy atom. The first-order chi connectivity index (χ1) is 12.1. The molecule has 25 heavy (non-hydrogen) atoms. The molecule has 1 aromatic heterocycles. The monoisotopic (exact) mass is 347 g/mol. The largest absolute Gasteiger partial charge is 0.450 e. The van der Waals surface area contributed by atoms with Crippen molar-refractivity contribution in [1.82, 2.24) is 24.5 Å². The molecule has 7 heteroatoms. The Labute approximate surface area is 149 Å². The molecule has 0 spiro atoms. The number of hydrogen-bond donors (Lipinski definition) is 0. The van der Waals surface area contributed by atoms with Gasteiger partial charge in [0.25, 0.3) is 0 Å². The van der Waals surface area contributed by atoms with Crippen LogP contribution >= 0.6 is 0 Å². The van der Waals surface area contributed by atoms with Gasteiger partial charge in [-0.1, -0.05) is 0 Å². The van der Waals surface area contributed by atoms with Gasteiger partial charge in [-0.25, -0.2) is 4.79 Å². The van der Waals surface area contributed by atoms with Crippen LogP contribution in [-0.4, -0.2) is 75.9 Å². The minimum Gasteiger partial charge on any atom is -0.450 e. The van der Waals surface area contributed by atoms with Gasteiger partial charge in [-0.3, -0.25) is 14.5 Å². The molecule has 0 unspecified atom stereocenters. The molecule has 4 rings (SSSR count). The van der Waals surface area contributed by atoms with Gasteiger partial charge in [0.2, 0.25) is 0 Å². The molecule has 1 aromatic rings. The molecule has 0 aromatic carbocycles. The molecule has 1 amide bonds. The standard InChI is InChI=1S/C18H29N5O2/c1-3-25-18(24)22-8-9-23-17(13-22)10-14(19-23)11-21-7-6-15-4-5-16(12-21)20(15)2/h10,15-16H,3-9,11-13H2,1-2H3/t15-,16+/m0/s1. The third-order valence-electron chi connectivity index (χ3n) is 5.99. The molecule has 0 aliphatic carbocycles. The van der Waals surface area contributed by atoms with Crippen LogP contribution in [0.1, 0.15) is 37.6 Å². The molecule has 4 heterocycles. The Bertz CT molecular complexity index is 631.